The third kappa shape index (κ3) is 6.51. The Morgan fingerprint density at radius 2 is 1.12 bits per heavy atom. The third-order valence-electron chi connectivity index (χ3n) is 15.2. The molecule has 4 aliphatic carbocycles. The van der Waals surface area contributed by atoms with E-state index in [1.807, 2.05) is 6.07 Å². The zero-order chi connectivity index (χ0) is 44.3. The summed E-state index contributed by atoms with van der Waals surface area (Å²) in [6.45, 7) is 0. The zero-order valence-corrected chi connectivity index (χ0v) is 37.4. The number of allylic oxidation sites excluding steroid dienone is 10. The molecule has 3 unspecified atom stereocenters. The molecule has 0 spiro atoms. The second kappa shape index (κ2) is 16.3. The molecule has 1 heterocycles. The van der Waals surface area contributed by atoms with Crippen LogP contribution in [0.1, 0.15) is 89.0 Å². The van der Waals surface area contributed by atoms with Crippen LogP contribution in [0.5, 0.6) is 0 Å². The number of fused-ring (bicyclic) bond motifs is 9. The topological polar surface area (TPSA) is 38.7 Å². The van der Waals surface area contributed by atoms with Gasteiger partial charge >= 0.3 is 0 Å². The van der Waals surface area contributed by atoms with Crippen LogP contribution >= 0.6 is 0 Å². The van der Waals surface area contributed by atoms with Crippen LogP contribution in [0.3, 0.4) is 0 Å². The van der Waals surface area contributed by atoms with Crippen LogP contribution in [-0.2, 0) is 5.41 Å². The van der Waals surface area contributed by atoms with Gasteiger partial charge < -0.3 is 0 Å². The van der Waals surface area contributed by atoms with E-state index in [4.69, 9.17) is 15.0 Å². The van der Waals surface area contributed by atoms with Crippen molar-refractivity contribution >= 4 is 49.0 Å². The van der Waals surface area contributed by atoms with Crippen molar-refractivity contribution in [2.75, 3.05) is 0 Å². The zero-order valence-electron chi connectivity index (χ0n) is 37.4. The summed E-state index contributed by atoms with van der Waals surface area (Å²) in [4.78, 5) is 15.4. The van der Waals surface area contributed by atoms with Crippen LogP contribution in [0.25, 0.3) is 60.4 Å². The molecule has 0 saturated heterocycles. The van der Waals surface area contributed by atoms with E-state index in [-0.39, 0.29) is 17.3 Å². The average Bonchev–Trinajstić information content (AvgIpc) is 3.72. The molecule has 0 aliphatic heterocycles. The van der Waals surface area contributed by atoms with Gasteiger partial charge in [-0.25, -0.2) is 15.0 Å². The van der Waals surface area contributed by atoms with E-state index in [0.717, 1.165) is 60.7 Å². The first kappa shape index (κ1) is 39.6. The van der Waals surface area contributed by atoms with Crippen LogP contribution in [-0.4, -0.2) is 15.0 Å². The SMILES string of the molecule is C1=CC(c2nc(C3=CCCC(c4cccc5c6ccccc6c6cc(C7=CC8C(C=C7)c7ccccc7C8(c7ccccc7)c7ccccc7)ccc6c45)C3)nc(-c3ccccc3)n2)=CCC1. The molecule has 0 fully saturated rings. The number of rotatable bonds is 7. The fraction of sp³-hybridized carbons (Fsp3) is 0.141. The van der Waals surface area contributed by atoms with Crippen molar-refractivity contribution in [2.24, 2.45) is 5.92 Å². The monoisotopic (exact) mass is 859 g/mol. The molecule has 9 aromatic rings. The highest BCUT2D eigenvalue weighted by molar-refractivity contribution is 6.26. The normalized spacial score (nSPS) is 19.5. The van der Waals surface area contributed by atoms with Crippen LogP contribution in [0.4, 0.5) is 0 Å². The van der Waals surface area contributed by atoms with Crippen LogP contribution < -0.4 is 0 Å². The van der Waals surface area contributed by atoms with E-state index in [1.165, 1.54) is 76.8 Å². The lowest BCUT2D eigenvalue weighted by atomic mass is 9.62. The number of hydrogen-bond donors (Lipinski definition) is 0. The fourth-order valence-corrected chi connectivity index (χ4v) is 12.2. The molecule has 0 bridgehead atoms. The summed E-state index contributed by atoms with van der Waals surface area (Å²) in [6.07, 6.45) is 21.5. The molecule has 4 aliphatic rings. The lowest BCUT2D eigenvalue weighted by molar-refractivity contribution is 0.458. The second-order valence-electron chi connectivity index (χ2n) is 18.8. The number of hydrogen-bond acceptors (Lipinski definition) is 3. The molecule has 67 heavy (non-hydrogen) atoms. The van der Waals surface area contributed by atoms with Crippen molar-refractivity contribution in [2.45, 2.75) is 49.4 Å². The third-order valence-corrected chi connectivity index (χ3v) is 15.2. The molecular weight excluding hydrogens is 811 g/mol. The summed E-state index contributed by atoms with van der Waals surface area (Å²) in [5.74, 6) is 3.03. The fourth-order valence-electron chi connectivity index (χ4n) is 12.2. The first-order valence-electron chi connectivity index (χ1n) is 24.1. The Morgan fingerprint density at radius 1 is 0.463 bits per heavy atom. The minimum absolute atomic E-state index is 0.194. The molecule has 13 rings (SSSR count). The van der Waals surface area contributed by atoms with E-state index >= 15 is 0 Å². The predicted octanol–water partition coefficient (Wildman–Crippen LogP) is 15.8. The Balaban J connectivity index is 0.932. The molecule has 320 valence electrons. The number of benzene rings is 8. The van der Waals surface area contributed by atoms with Crippen LogP contribution in [0, 0.1) is 5.92 Å². The van der Waals surface area contributed by atoms with E-state index in [2.05, 4.69) is 212 Å². The maximum atomic E-state index is 5.20. The smallest absolute Gasteiger partial charge is 0.164 e. The Hall–Kier alpha value is -7.75. The molecular formula is C64H49N3. The summed E-state index contributed by atoms with van der Waals surface area (Å²) >= 11 is 0. The molecule has 8 aromatic carbocycles. The Kier molecular flexibility index (Phi) is 9.63. The number of aromatic nitrogens is 3. The van der Waals surface area contributed by atoms with Crippen LogP contribution in [0.2, 0.25) is 0 Å². The molecule has 0 N–H and O–H groups in total. The van der Waals surface area contributed by atoms with E-state index < -0.39 is 0 Å². The first-order chi connectivity index (χ1) is 33.2. The van der Waals surface area contributed by atoms with Gasteiger partial charge in [-0.05, 0) is 121 Å². The van der Waals surface area contributed by atoms with Crippen LogP contribution in [0.15, 0.2) is 218 Å². The lowest BCUT2D eigenvalue weighted by Crippen LogP contribution is -2.35. The first-order valence-corrected chi connectivity index (χ1v) is 24.1. The summed E-state index contributed by atoms with van der Waals surface area (Å²) < 4.78 is 0. The lowest BCUT2D eigenvalue weighted by Gasteiger charge is -2.39. The van der Waals surface area contributed by atoms with Crippen molar-refractivity contribution in [3.8, 4) is 11.4 Å². The summed E-state index contributed by atoms with van der Waals surface area (Å²) in [5, 5.41) is 7.87. The molecule has 3 atom stereocenters. The van der Waals surface area contributed by atoms with Crippen molar-refractivity contribution in [3.63, 3.8) is 0 Å². The molecule has 0 radical (unpaired) electrons. The Labute approximate surface area is 392 Å². The van der Waals surface area contributed by atoms with Crippen molar-refractivity contribution < 1.29 is 0 Å². The quantitative estimate of drug-likeness (QED) is 0.150. The Morgan fingerprint density at radius 3 is 1.90 bits per heavy atom. The van der Waals surface area contributed by atoms with Gasteiger partial charge in [0.2, 0.25) is 0 Å². The summed E-state index contributed by atoms with van der Waals surface area (Å²) in [5.41, 5.74) is 12.4. The van der Waals surface area contributed by atoms with Gasteiger partial charge in [0.1, 0.15) is 0 Å². The maximum absolute atomic E-state index is 5.20. The van der Waals surface area contributed by atoms with E-state index in [1.54, 1.807) is 0 Å². The minimum Gasteiger partial charge on any atom is -0.209 e. The van der Waals surface area contributed by atoms with E-state index in [0.29, 0.717) is 5.92 Å². The molecule has 3 nitrogen and oxygen atoms in total. The van der Waals surface area contributed by atoms with Gasteiger partial charge in [-0.15, -0.1) is 0 Å². The largest absolute Gasteiger partial charge is 0.209 e. The summed E-state index contributed by atoms with van der Waals surface area (Å²) in [6, 6.07) is 65.3. The van der Waals surface area contributed by atoms with Gasteiger partial charge in [0.05, 0.1) is 5.41 Å². The minimum atomic E-state index is -0.335. The van der Waals surface area contributed by atoms with Gasteiger partial charge in [-0.1, -0.05) is 212 Å². The van der Waals surface area contributed by atoms with E-state index in [9.17, 15) is 0 Å². The summed E-state index contributed by atoms with van der Waals surface area (Å²) in [7, 11) is 0. The van der Waals surface area contributed by atoms with Gasteiger partial charge in [0.15, 0.2) is 17.5 Å². The predicted molar refractivity (Wildman–Crippen MR) is 278 cm³/mol. The van der Waals surface area contributed by atoms with Gasteiger partial charge in [-0.3, -0.25) is 0 Å². The molecule has 0 amide bonds. The van der Waals surface area contributed by atoms with Gasteiger partial charge in [0, 0.05) is 23.0 Å². The average molecular weight is 860 g/mol. The van der Waals surface area contributed by atoms with Crippen molar-refractivity contribution in [3.05, 3.63) is 263 Å². The molecule has 1 aromatic heterocycles. The number of nitrogens with zero attached hydrogens (tertiary/aromatic N) is 3. The maximum Gasteiger partial charge on any atom is 0.164 e. The second-order valence-corrected chi connectivity index (χ2v) is 18.8. The Bertz CT molecular complexity index is 3520. The van der Waals surface area contributed by atoms with Gasteiger partial charge in [-0.2, -0.15) is 0 Å². The highest BCUT2D eigenvalue weighted by atomic mass is 15.0. The van der Waals surface area contributed by atoms with Crippen molar-refractivity contribution in [1.29, 1.82) is 0 Å². The standard InChI is InChI=1S/C64H49N3/c1-5-19-42(20-6-1)61-65-62(43-21-7-2-8-22-43)67-63(66-61)47-24-17-23-46(39-47)50-32-18-33-55-51-29-13-14-30-52(51)57-40-44(36-38-56(57)60(50)55)45-35-37-54-53-31-15-16-34-58(53)64(59(54)41-45,48-25-9-3-10-26-48)49-27-11-4-12-28-49/h1,3-7,9-16,18-22,24-38,40-41,46,54,59H,2,8,17,23,39H2. The van der Waals surface area contributed by atoms with Crippen molar-refractivity contribution in [1.82, 2.24) is 15.0 Å². The highest BCUT2D eigenvalue weighted by Crippen LogP contribution is 2.60. The highest BCUT2D eigenvalue weighted by Gasteiger charge is 2.53. The molecule has 3 heteroatoms. The molecule has 0 saturated carbocycles. The van der Waals surface area contributed by atoms with Gasteiger partial charge in [0.25, 0.3) is 0 Å².